The summed E-state index contributed by atoms with van der Waals surface area (Å²) in [6.45, 7) is 2.58. The number of rotatable bonds is 3. The van der Waals surface area contributed by atoms with Crippen LogP contribution >= 0.6 is 11.3 Å². The van der Waals surface area contributed by atoms with Gasteiger partial charge in [-0.25, -0.2) is 9.98 Å². The Morgan fingerprint density at radius 1 is 1.20 bits per heavy atom. The summed E-state index contributed by atoms with van der Waals surface area (Å²) in [4.78, 5) is 25.8. The Morgan fingerprint density at radius 2 is 2.00 bits per heavy atom. The Kier molecular flexibility index (Phi) is 3.86. The quantitative estimate of drug-likeness (QED) is 0.725. The third-order valence-corrected chi connectivity index (χ3v) is 4.97. The molecule has 1 aromatic heterocycles. The van der Waals surface area contributed by atoms with Crippen LogP contribution in [0.2, 0.25) is 0 Å². The summed E-state index contributed by atoms with van der Waals surface area (Å²) in [6.07, 6.45) is 0. The molecule has 4 rings (SSSR count). The van der Waals surface area contributed by atoms with Gasteiger partial charge in [-0.2, -0.15) is 0 Å². The van der Waals surface area contributed by atoms with Crippen LogP contribution in [-0.2, 0) is 4.79 Å². The van der Waals surface area contributed by atoms with Crippen molar-refractivity contribution < 1.29 is 4.79 Å². The summed E-state index contributed by atoms with van der Waals surface area (Å²) in [5.41, 5.74) is 4.34. The fourth-order valence-electron chi connectivity index (χ4n) is 2.96. The first-order chi connectivity index (χ1) is 12.0. The maximum atomic E-state index is 12.9. The van der Waals surface area contributed by atoms with E-state index in [2.05, 4.69) is 23.0 Å². The number of para-hydroxylation sites is 1. The van der Waals surface area contributed by atoms with Gasteiger partial charge in [-0.1, -0.05) is 35.6 Å². The van der Waals surface area contributed by atoms with Gasteiger partial charge in [0, 0.05) is 5.56 Å². The maximum Gasteiger partial charge on any atom is 0.278 e. The molecule has 25 heavy (non-hydrogen) atoms. The second-order valence-electron chi connectivity index (χ2n) is 6.40. The van der Waals surface area contributed by atoms with Crippen LogP contribution in [0.3, 0.4) is 0 Å². The lowest BCUT2D eigenvalue weighted by Gasteiger charge is -2.21. The molecule has 1 amide bonds. The van der Waals surface area contributed by atoms with Crippen molar-refractivity contribution >= 4 is 44.0 Å². The third kappa shape index (κ3) is 2.83. The van der Waals surface area contributed by atoms with Crippen LogP contribution in [0.5, 0.6) is 0 Å². The summed E-state index contributed by atoms with van der Waals surface area (Å²) in [7, 11) is 3.89. The van der Waals surface area contributed by atoms with Gasteiger partial charge in [0.05, 0.1) is 22.6 Å². The van der Waals surface area contributed by atoms with Crippen LogP contribution in [-0.4, -0.2) is 42.3 Å². The first-order valence-electron chi connectivity index (χ1n) is 8.05. The SMILES string of the molecule is Cc1ccc2nc(/N=C3\C(=O)N(CN(C)C)c4ccccc43)sc2c1. The Hall–Kier alpha value is -2.57. The zero-order valence-corrected chi connectivity index (χ0v) is 15.2. The van der Waals surface area contributed by atoms with Crippen molar-refractivity contribution in [3.05, 3.63) is 53.6 Å². The number of nitrogens with zero attached hydrogens (tertiary/aromatic N) is 4. The van der Waals surface area contributed by atoms with Gasteiger partial charge >= 0.3 is 0 Å². The molecule has 0 unspecified atom stereocenters. The third-order valence-electron chi connectivity index (χ3n) is 4.06. The molecule has 0 saturated heterocycles. The summed E-state index contributed by atoms with van der Waals surface area (Å²) in [5, 5.41) is 0.616. The topological polar surface area (TPSA) is 48.8 Å². The van der Waals surface area contributed by atoms with E-state index in [1.54, 1.807) is 4.90 Å². The van der Waals surface area contributed by atoms with Crippen molar-refractivity contribution in [3.63, 3.8) is 0 Å². The minimum atomic E-state index is -0.0784. The second kappa shape index (κ2) is 6.06. The van der Waals surface area contributed by atoms with Crippen molar-refractivity contribution in [2.45, 2.75) is 6.92 Å². The number of anilines is 1. The molecule has 2 aromatic carbocycles. The molecule has 0 saturated carbocycles. The van der Waals surface area contributed by atoms with Crippen LogP contribution in [0.4, 0.5) is 10.8 Å². The van der Waals surface area contributed by atoms with Crippen LogP contribution in [0.25, 0.3) is 10.2 Å². The highest BCUT2D eigenvalue weighted by atomic mass is 32.1. The first-order valence-corrected chi connectivity index (χ1v) is 8.86. The number of thiazole rings is 1. The number of hydrogen-bond acceptors (Lipinski definition) is 5. The highest BCUT2D eigenvalue weighted by Crippen LogP contribution is 2.33. The van der Waals surface area contributed by atoms with Gasteiger partial charge in [0.15, 0.2) is 0 Å². The van der Waals surface area contributed by atoms with E-state index in [0.29, 0.717) is 17.5 Å². The fraction of sp³-hybridized carbons (Fsp3) is 0.211. The normalized spacial score (nSPS) is 15.6. The number of fused-ring (bicyclic) bond motifs is 2. The largest absolute Gasteiger partial charge is 0.293 e. The number of aromatic nitrogens is 1. The molecule has 0 atom stereocenters. The molecule has 0 aliphatic carbocycles. The molecule has 2 heterocycles. The van der Waals surface area contributed by atoms with Gasteiger partial charge in [-0.15, -0.1) is 0 Å². The standard InChI is InChI=1S/C19H18N4OS/c1-12-8-9-14-16(10-12)25-19(20-14)21-17-13-6-4-5-7-15(13)23(18(17)24)11-22(2)3/h4-10H,11H2,1-3H3/b21-17-. The highest BCUT2D eigenvalue weighted by molar-refractivity contribution is 7.22. The van der Waals surface area contributed by atoms with E-state index < -0.39 is 0 Å². The zero-order valence-electron chi connectivity index (χ0n) is 14.4. The van der Waals surface area contributed by atoms with E-state index in [0.717, 1.165) is 21.5 Å². The predicted molar refractivity (Wildman–Crippen MR) is 103 cm³/mol. The minimum absolute atomic E-state index is 0.0784. The summed E-state index contributed by atoms with van der Waals surface area (Å²) >= 11 is 1.51. The van der Waals surface area contributed by atoms with Crippen LogP contribution < -0.4 is 4.90 Å². The number of amides is 1. The molecule has 0 bridgehead atoms. The van der Waals surface area contributed by atoms with E-state index in [4.69, 9.17) is 0 Å². The highest BCUT2D eigenvalue weighted by Gasteiger charge is 2.34. The monoisotopic (exact) mass is 350 g/mol. The fourth-order valence-corrected chi connectivity index (χ4v) is 3.90. The predicted octanol–water partition coefficient (Wildman–Crippen LogP) is 3.59. The van der Waals surface area contributed by atoms with Gasteiger partial charge in [0.25, 0.3) is 5.91 Å². The van der Waals surface area contributed by atoms with Crippen molar-refractivity contribution in [2.24, 2.45) is 4.99 Å². The van der Waals surface area contributed by atoms with Gasteiger partial charge in [0.1, 0.15) is 5.71 Å². The van der Waals surface area contributed by atoms with E-state index in [9.17, 15) is 4.79 Å². The molecule has 126 valence electrons. The number of aliphatic imine (C=N–C) groups is 1. The Balaban J connectivity index is 1.80. The molecule has 5 nitrogen and oxygen atoms in total. The lowest BCUT2D eigenvalue weighted by Crippen LogP contribution is -2.37. The first kappa shape index (κ1) is 15.9. The van der Waals surface area contributed by atoms with Crippen molar-refractivity contribution in [3.8, 4) is 0 Å². The molecule has 1 aliphatic rings. The van der Waals surface area contributed by atoms with Crippen molar-refractivity contribution in [1.82, 2.24) is 9.88 Å². The molecule has 3 aromatic rings. The molecule has 6 heteroatoms. The summed E-state index contributed by atoms with van der Waals surface area (Å²) in [5.74, 6) is -0.0784. The van der Waals surface area contributed by atoms with Gasteiger partial charge in [-0.3, -0.25) is 14.6 Å². The number of carbonyl (C=O) groups is 1. The lowest BCUT2D eigenvalue weighted by atomic mass is 10.1. The second-order valence-corrected chi connectivity index (χ2v) is 7.41. The minimum Gasteiger partial charge on any atom is -0.293 e. The Labute approximate surface area is 150 Å². The van der Waals surface area contributed by atoms with E-state index in [-0.39, 0.29) is 5.91 Å². The molecule has 0 N–H and O–H groups in total. The summed E-state index contributed by atoms with van der Waals surface area (Å²) in [6, 6.07) is 13.9. The van der Waals surface area contributed by atoms with Crippen LogP contribution in [0.15, 0.2) is 47.5 Å². The molecule has 0 fully saturated rings. The average molecular weight is 350 g/mol. The molecule has 0 spiro atoms. The van der Waals surface area contributed by atoms with Crippen molar-refractivity contribution in [1.29, 1.82) is 0 Å². The summed E-state index contributed by atoms with van der Waals surface area (Å²) < 4.78 is 1.09. The molecular weight excluding hydrogens is 332 g/mol. The van der Waals surface area contributed by atoms with E-state index in [1.807, 2.05) is 55.4 Å². The number of benzene rings is 2. The van der Waals surface area contributed by atoms with Crippen LogP contribution in [0, 0.1) is 6.92 Å². The maximum absolute atomic E-state index is 12.9. The number of carbonyl (C=O) groups excluding carboxylic acids is 1. The van der Waals surface area contributed by atoms with Gasteiger partial charge in [0.2, 0.25) is 5.13 Å². The Morgan fingerprint density at radius 3 is 2.80 bits per heavy atom. The number of aryl methyl sites for hydroxylation is 1. The zero-order chi connectivity index (χ0) is 17.6. The lowest BCUT2D eigenvalue weighted by molar-refractivity contribution is -0.112. The average Bonchev–Trinajstić information content (AvgIpc) is 3.08. The van der Waals surface area contributed by atoms with Gasteiger partial charge < -0.3 is 0 Å². The molecule has 0 radical (unpaired) electrons. The Bertz CT molecular complexity index is 1010. The smallest absolute Gasteiger partial charge is 0.278 e. The van der Waals surface area contributed by atoms with E-state index in [1.165, 1.54) is 16.9 Å². The van der Waals surface area contributed by atoms with Crippen LogP contribution in [0.1, 0.15) is 11.1 Å². The molecule has 1 aliphatic heterocycles. The van der Waals surface area contributed by atoms with Crippen molar-refractivity contribution in [2.75, 3.05) is 25.7 Å². The van der Waals surface area contributed by atoms with Gasteiger partial charge in [-0.05, 0) is 44.8 Å². The van der Waals surface area contributed by atoms with E-state index >= 15 is 0 Å². The molecular formula is C19H18N4OS. The number of hydrogen-bond donors (Lipinski definition) is 0.